The van der Waals surface area contributed by atoms with Crippen LogP contribution in [-0.2, 0) is 4.74 Å². The Morgan fingerprint density at radius 2 is 2.16 bits per heavy atom. The van der Waals surface area contributed by atoms with E-state index < -0.39 is 5.97 Å². The number of esters is 1. The van der Waals surface area contributed by atoms with Gasteiger partial charge in [0.05, 0.1) is 6.61 Å². The van der Waals surface area contributed by atoms with Crippen molar-refractivity contribution in [2.75, 3.05) is 13.7 Å². The normalized spacial score (nSPS) is 15.5. The Morgan fingerprint density at radius 1 is 1.47 bits per heavy atom. The quantitative estimate of drug-likeness (QED) is 0.795. The average Bonchev–Trinajstić information content (AvgIpc) is 3.08. The van der Waals surface area contributed by atoms with Gasteiger partial charge >= 0.3 is 5.97 Å². The van der Waals surface area contributed by atoms with Crippen molar-refractivity contribution in [1.82, 2.24) is 9.88 Å². The minimum atomic E-state index is -0.463. The maximum absolute atomic E-state index is 12.2. The highest BCUT2D eigenvalue weighted by Gasteiger charge is 2.26. The Hall–Kier alpha value is -1.43. The molecule has 1 fully saturated rings. The van der Waals surface area contributed by atoms with Crippen LogP contribution in [0.4, 0.5) is 0 Å². The number of hydrogen-bond acceptors (Lipinski definition) is 5. The summed E-state index contributed by atoms with van der Waals surface area (Å²) in [5.74, 6) is -0.575. The molecule has 1 saturated carbocycles. The van der Waals surface area contributed by atoms with Gasteiger partial charge in [-0.2, -0.15) is 0 Å². The van der Waals surface area contributed by atoms with E-state index in [-0.39, 0.29) is 10.9 Å². The first-order valence-electron chi connectivity index (χ1n) is 6.53. The number of rotatable bonds is 4. The SMILES string of the molecule is CCOC(=O)c1nc(C(=O)N(C)C2CCCC2)cs1. The number of carbonyl (C=O) groups is 2. The summed E-state index contributed by atoms with van der Waals surface area (Å²) in [6.45, 7) is 2.05. The van der Waals surface area contributed by atoms with Crippen molar-refractivity contribution in [3.8, 4) is 0 Å². The fourth-order valence-electron chi connectivity index (χ4n) is 2.30. The molecular formula is C13H18N2O3S. The molecular weight excluding hydrogens is 264 g/mol. The van der Waals surface area contributed by atoms with Gasteiger partial charge in [0, 0.05) is 18.5 Å². The Bertz CT molecular complexity index is 466. The minimum absolute atomic E-state index is 0.112. The van der Waals surface area contributed by atoms with Crippen LogP contribution in [0, 0.1) is 0 Å². The lowest BCUT2D eigenvalue weighted by molar-refractivity contribution is 0.0526. The van der Waals surface area contributed by atoms with Crippen LogP contribution in [0.15, 0.2) is 5.38 Å². The van der Waals surface area contributed by atoms with E-state index in [1.165, 1.54) is 12.8 Å². The molecule has 19 heavy (non-hydrogen) atoms. The Morgan fingerprint density at radius 3 is 2.79 bits per heavy atom. The van der Waals surface area contributed by atoms with Gasteiger partial charge in [-0.25, -0.2) is 9.78 Å². The molecule has 0 aliphatic heterocycles. The molecule has 0 radical (unpaired) electrons. The lowest BCUT2D eigenvalue weighted by Crippen LogP contribution is -2.35. The number of nitrogens with zero attached hydrogens (tertiary/aromatic N) is 2. The summed E-state index contributed by atoms with van der Waals surface area (Å²) in [6, 6.07) is 0.306. The zero-order valence-corrected chi connectivity index (χ0v) is 12.0. The fraction of sp³-hybridized carbons (Fsp3) is 0.615. The van der Waals surface area contributed by atoms with Gasteiger partial charge in [0.25, 0.3) is 5.91 Å². The van der Waals surface area contributed by atoms with Crippen molar-refractivity contribution < 1.29 is 14.3 Å². The summed E-state index contributed by atoms with van der Waals surface area (Å²) in [6.07, 6.45) is 4.45. The second kappa shape index (κ2) is 6.14. The van der Waals surface area contributed by atoms with Crippen LogP contribution >= 0.6 is 11.3 Å². The Labute approximate surface area is 116 Å². The van der Waals surface area contributed by atoms with Crippen molar-refractivity contribution in [2.24, 2.45) is 0 Å². The largest absolute Gasteiger partial charge is 0.461 e. The van der Waals surface area contributed by atoms with Crippen molar-refractivity contribution in [3.63, 3.8) is 0 Å². The summed E-state index contributed by atoms with van der Waals surface area (Å²) in [4.78, 5) is 29.6. The molecule has 2 rings (SSSR count). The summed E-state index contributed by atoms with van der Waals surface area (Å²) in [7, 11) is 1.81. The van der Waals surface area contributed by atoms with Crippen LogP contribution in [0.3, 0.4) is 0 Å². The van der Waals surface area contributed by atoms with Gasteiger partial charge in [-0.3, -0.25) is 4.79 Å². The monoisotopic (exact) mass is 282 g/mol. The van der Waals surface area contributed by atoms with Crippen LogP contribution in [-0.4, -0.2) is 41.5 Å². The van der Waals surface area contributed by atoms with Crippen LogP contribution in [0.25, 0.3) is 0 Å². The summed E-state index contributed by atoms with van der Waals surface area (Å²) >= 11 is 1.15. The van der Waals surface area contributed by atoms with Gasteiger partial charge < -0.3 is 9.64 Å². The van der Waals surface area contributed by atoms with E-state index in [2.05, 4.69) is 4.98 Å². The van der Waals surface area contributed by atoms with Gasteiger partial charge in [-0.05, 0) is 19.8 Å². The molecule has 1 amide bonds. The van der Waals surface area contributed by atoms with E-state index in [1.54, 1.807) is 17.2 Å². The fourth-order valence-corrected chi connectivity index (χ4v) is 2.98. The number of hydrogen-bond donors (Lipinski definition) is 0. The third-order valence-electron chi connectivity index (χ3n) is 3.37. The summed E-state index contributed by atoms with van der Waals surface area (Å²) in [5.41, 5.74) is 0.336. The van der Waals surface area contributed by atoms with Gasteiger partial charge in [0.15, 0.2) is 0 Å². The van der Waals surface area contributed by atoms with Gasteiger partial charge in [0.1, 0.15) is 5.69 Å². The maximum atomic E-state index is 12.2. The van der Waals surface area contributed by atoms with Gasteiger partial charge in [-0.15, -0.1) is 11.3 Å². The van der Waals surface area contributed by atoms with Gasteiger partial charge in [-0.1, -0.05) is 12.8 Å². The third-order valence-corrected chi connectivity index (χ3v) is 4.19. The van der Waals surface area contributed by atoms with Crippen molar-refractivity contribution in [1.29, 1.82) is 0 Å². The highest BCUT2D eigenvalue weighted by molar-refractivity contribution is 7.11. The molecule has 0 bridgehead atoms. The third kappa shape index (κ3) is 3.12. The molecule has 0 spiro atoms. The first-order chi connectivity index (χ1) is 9.13. The molecule has 0 aromatic carbocycles. The highest BCUT2D eigenvalue weighted by atomic mass is 32.1. The molecule has 1 aromatic rings. The topological polar surface area (TPSA) is 59.5 Å². The maximum Gasteiger partial charge on any atom is 0.367 e. The summed E-state index contributed by atoms with van der Waals surface area (Å²) in [5, 5.41) is 1.87. The Balaban J connectivity index is 2.05. The molecule has 0 saturated heterocycles. The number of thiazole rings is 1. The zero-order chi connectivity index (χ0) is 13.8. The molecule has 104 valence electrons. The van der Waals surface area contributed by atoms with E-state index in [9.17, 15) is 9.59 Å². The number of carbonyl (C=O) groups excluding carboxylic acids is 2. The second-order valence-electron chi connectivity index (χ2n) is 4.61. The summed E-state index contributed by atoms with van der Waals surface area (Å²) < 4.78 is 4.87. The smallest absolute Gasteiger partial charge is 0.367 e. The second-order valence-corrected chi connectivity index (χ2v) is 5.47. The molecule has 1 aromatic heterocycles. The molecule has 1 heterocycles. The van der Waals surface area contributed by atoms with Crippen LogP contribution in [0.1, 0.15) is 52.9 Å². The van der Waals surface area contributed by atoms with Crippen LogP contribution in [0.2, 0.25) is 0 Å². The number of ether oxygens (including phenoxy) is 1. The van der Waals surface area contributed by atoms with E-state index >= 15 is 0 Å². The first kappa shape index (κ1) is 14.0. The molecule has 0 atom stereocenters. The standard InChI is InChI=1S/C13H18N2O3S/c1-3-18-13(17)11-14-10(8-19-11)12(16)15(2)9-6-4-5-7-9/h8-9H,3-7H2,1-2H3. The minimum Gasteiger partial charge on any atom is -0.461 e. The predicted octanol–water partition coefficient (Wildman–Crippen LogP) is 2.33. The number of amides is 1. The molecule has 6 heteroatoms. The van der Waals surface area contributed by atoms with Gasteiger partial charge in [0.2, 0.25) is 5.01 Å². The highest BCUT2D eigenvalue weighted by Crippen LogP contribution is 2.24. The van der Waals surface area contributed by atoms with Crippen LogP contribution < -0.4 is 0 Å². The molecule has 0 unspecified atom stereocenters. The molecule has 0 N–H and O–H groups in total. The van der Waals surface area contributed by atoms with Crippen LogP contribution in [0.5, 0.6) is 0 Å². The molecule has 1 aliphatic carbocycles. The van der Waals surface area contributed by atoms with Crippen molar-refractivity contribution in [2.45, 2.75) is 38.6 Å². The lowest BCUT2D eigenvalue weighted by atomic mass is 10.2. The zero-order valence-electron chi connectivity index (χ0n) is 11.2. The first-order valence-corrected chi connectivity index (χ1v) is 7.41. The lowest BCUT2D eigenvalue weighted by Gasteiger charge is -2.23. The molecule has 1 aliphatic rings. The van der Waals surface area contributed by atoms with E-state index in [4.69, 9.17) is 4.74 Å². The van der Waals surface area contributed by atoms with E-state index in [1.807, 2.05) is 7.05 Å². The number of aromatic nitrogens is 1. The predicted molar refractivity (Wildman–Crippen MR) is 72.4 cm³/mol. The Kier molecular flexibility index (Phi) is 4.52. The van der Waals surface area contributed by atoms with Crippen molar-refractivity contribution in [3.05, 3.63) is 16.1 Å². The van der Waals surface area contributed by atoms with E-state index in [0.29, 0.717) is 18.3 Å². The average molecular weight is 282 g/mol. The molecule has 5 nitrogen and oxygen atoms in total. The van der Waals surface area contributed by atoms with Crippen molar-refractivity contribution >= 4 is 23.2 Å². The van der Waals surface area contributed by atoms with E-state index in [0.717, 1.165) is 24.2 Å².